The Morgan fingerprint density at radius 3 is 2.12 bits per heavy atom. The number of aliphatic imine (C=N–C) groups is 1. The predicted molar refractivity (Wildman–Crippen MR) is 140 cm³/mol. The monoisotopic (exact) mass is 462 g/mol. The number of nitrogens with zero attached hydrogens (tertiary/aromatic N) is 2. The van der Waals surface area contributed by atoms with Gasteiger partial charge in [-0.25, -0.2) is 4.99 Å². The van der Waals surface area contributed by atoms with Crippen LogP contribution in [0.2, 0.25) is 0 Å². The molecule has 1 saturated heterocycles. The van der Waals surface area contributed by atoms with Crippen LogP contribution in [0.5, 0.6) is 5.75 Å². The van der Waals surface area contributed by atoms with E-state index in [1.54, 1.807) is 4.90 Å². The highest BCUT2D eigenvalue weighted by molar-refractivity contribution is 8.19. The van der Waals surface area contributed by atoms with Crippen LogP contribution in [-0.4, -0.2) is 11.1 Å². The molecule has 34 heavy (non-hydrogen) atoms. The van der Waals surface area contributed by atoms with Crippen molar-refractivity contribution in [1.82, 2.24) is 0 Å². The van der Waals surface area contributed by atoms with Crippen LogP contribution < -0.4 is 9.64 Å². The molecule has 5 heteroatoms. The molecule has 0 N–H and O–H groups in total. The fourth-order valence-corrected chi connectivity index (χ4v) is 4.57. The minimum absolute atomic E-state index is 0.108. The molecule has 5 rings (SSSR count). The number of benzene rings is 4. The van der Waals surface area contributed by atoms with Crippen molar-refractivity contribution >= 4 is 40.3 Å². The van der Waals surface area contributed by atoms with E-state index in [-0.39, 0.29) is 5.91 Å². The molecule has 4 aromatic carbocycles. The first-order chi connectivity index (χ1) is 16.8. The Morgan fingerprint density at radius 2 is 1.38 bits per heavy atom. The zero-order chi connectivity index (χ0) is 23.2. The standard InChI is InChI=1S/C29H22N2O2S/c32-28-27(20-23-14-10-11-19-26(23)33-21-22-12-4-1-5-13-22)34-29(30-24-15-6-2-7-16-24)31(28)25-17-8-3-9-18-25/h1-20H,21H2/b27-20+,30-29?. The van der Waals surface area contributed by atoms with Crippen LogP contribution in [0.25, 0.3) is 6.08 Å². The number of ether oxygens (including phenoxy) is 1. The van der Waals surface area contributed by atoms with Crippen LogP contribution in [0.15, 0.2) is 125 Å². The van der Waals surface area contributed by atoms with E-state index in [4.69, 9.17) is 9.73 Å². The maximum absolute atomic E-state index is 13.5. The number of hydrogen-bond donors (Lipinski definition) is 0. The van der Waals surface area contributed by atoms with Gasteiger partial charge in [0.25, 0.3) is 5.91 Å². The fraction of sp³-hybridized carbons (Fsp3) is 0.0345. The van der Waals surface area contributed by atoms with Crippen LogP contribution >= 0.6 is 11.8 Å². The molecule has 4 nitrogen and oxygen atoms in total. The molecule has 0 spiro atoms. The summed E-state index contributed by atoms with van der Waals surface area (Å²) in [5, 5.41) is 0.622. The first kappa shape index (κ1) is 21.7. The Balaban J connectivity index is 1.48. The Labute approximate surface area is 203 Å². The van der Waals surface area contributed by atoms with E-state index < -0.39 is 0 Å². The quantitative estimate of drug-likeness (QED) is 0.288. The molecule has 4 aromatic rings. The van der Waals surface area contributed by atoms with E-state index in [1.165, 1.54) is 11.8 Å². The number of amides is 1. The van der Waals surface area contributed by atoms with Gasteiger partial charge in [-0.1, -0.05) is 84.9 Å². The first-order valence-corrected chi connectivity index (χ1v) is 11.8. The molecule has 0 atom stereocenters. The van der Waals surface area contributed by atoms with Gasteiger partial charge in [-0.05, 0) is 53.7 Å². The van der Waals surface area contributed by atoms with Gasteiger partial charge in [0.1, 0.15) is 12.4 Å². The van der Waals surface area contributed by atoms with Crippen molar-refractivity contribution in [3.8, 4) is 5.75 Å². The molecular weight excluding hydrogens is 440 g/mol. The highest BCUT2D eigenvalue weighted by Gasteiger charge is 2.34. The average molecular weight is 463 g/mol. The number of rotatable bonds is 6. The van der Waals surface area contributed by atoms with Gasteiger partial charge in [-0.15, -0.1) is 0 Å². The topological polar surface area (TPSA) is 41.9 Å². The van der Waals surface area contributed by atoms with Crippen molar-refractivity contribution in [3.05, 3.63) is 131 Å². The summed E-state index contributed by atoms with van der Waals surface area (Å²) < 4.78 is 6.09. The molecule has 0 radical (unpaired) electrons. The summed E-state index contributed by atoms with van der Waals surface area (Å²) in [6.45, 7) is 0.457. The van der Waals surface area contributed by atoms with Crippen LogP contribution in [-0.2, 0) is 11.4 Å². The van der Waals surface area contributed by atoms with Crippen molar-refractivity contribution in [3.63, 3.8) is 0 Å². The van der Waals surface area contributed by atoms with Crippen molar-refractivity contribution in [2.45, 2.75) is 6.61 Å². The number of carbonyl (C=O) groups is 1. The number of thioether (sulfide) groups is 1. The summed E-state index contributed by atoms with van der Waals surface area (Å²) >= 11 is 1.37. The van der Waals surface area contributed by atoms with E-state index >= 15 is 0 Å². The first-order valence-electron chi connectivity index (χ1n) is 11.0. The molecule has 0 bridgehead atoms. The fourth-order valence-electron chi connectivity index (χ4n) is 3.57. The van der Waals surface area contributed by atoms with Crippen molar-refractivity contribution in [1.29, 1.82) is 0 Å². The van der Waals surface area contributed by atoms with Crippen LogP contribution in [0.1, 0.15) is 11.1 Å². The van der Waals surface area contributed by atoms with Gasteiger partial charge in [-0.3, -0.25) is 9.69 Å². The molecule has 166 valence electrons. The zero-order valence-corrected chi connectivity index (χ0v) is 19.2. The molecule has 1 heterocycles. The molecule has 0 saturated carbocycles. The van der Waals surface area contributed by atoms with Gasteiger partial charge in [0, 0.05) is 5.56 Å². The normalized spacial score (nSPS) is 15.8. The summed E-state index contributed by atoms with van der Waals surface area (Å²) in [5.74, 6) is 0.621. The highest BCUT2D eigenvalue weighted by Crippen LogP contribution is 2.38. The van der Waals surface area contributed by atoms with Gasteiger partial charge < -0.3 is 4.74 Å². The SMILES string of the molecule is O=C1/C(=C\c2ccccc2OCc2ccccc2)SC(=Nc2ccccc2)N1c1ccccc1. The van der Waals surface area contributed by atoms with Crippen molar-refractivity contribution in [2.75, 3.05) is 4.90 Å². The predicted octanol–water partition coefficient (Wildman–Crippen LogP) is 7.07. The Kier molecular flexibility index (Phi) is 6.54. The third-order valence-electron chi connectivity index (χ3n) is 5.24. The van der Waals surface area contributed by atoms with E-state index in [0.29, 0.717) is 16.7 Å². The molecule has 1 aliphatic rings. The molecule has 0 unspecified atom stereocenters. The maximum atomic E-state index is 13.5. The van der Waals surface area contributed by atoms with Crippen molar-refractivity contribution in [2.24, 2.45) is 4.99 Å². The van der Waals surface area contributed by atoms with Gasteiger partial charge in [-0.2, -0.15) is 0 Å². The summed E-state index contributed by atoms with van der Waals surface area (Å²) in [6, 6.07) is 37.1. The summed E-state index contributed by atoms with van der Waals surface area (Å²) in [7, 11) is 0. The Morgan fingerprint density at radius 1 is 0.765 bits per heavy atom. The number of anilines is 1. The van der Waals surface area contributed by atoms with E-state index in [2.05, 4.69) is 0 Å². The lowest BCUT2D eigenvalue weighted by atomic mass is 10.1. The molecule has 0 aliphatic carbocycles. The molecule has 1 aliphatic heterocycles. The summed E-state index contributed by atoms with van der Waals surface area (Å²) in [6.07, 6.45) is 1.89. The van der Waals surface area contributed by atoms with Crippen LogP contribution in [0, 0.1) is 0 Å². The lowest BCUT2D eigenvalue weighted by Crippen LogP contribution is -2.28. The minimum atomic E-state index is -0.108. The second kappa shape index (κ2) is 10.2. The largest absolute Gasteiger partial charge is 0.488 e. The second-order valence-electron chi connectivity index (χ2n) is 7.63. The lowest BCUT2D eigenvalue weighted by molar-refractivity contribution is -0.113. The molecule has 0 aromatic heterocycles. The molecule has 1 amide bonds. The smallest absolute Gasteiger partial charge is 0.271 e. The Hall–Kier alpha value is -4.09. The van der Waals surface area contributed by atoms with Gasteiger partial charge in [0.05, 0.1) is 16.3 Å². The number of para-hydroxylation sites is 3. The summed E-state index contributed by atoms with van der Waals surface area (Å²) in [4.78, 5) is 20.5. The third kappa shape index (κ3) is 4.95. The van der Waals surface area contributed by atoms with E-state index in [0.717, 1.165) is 28.3 Å². The van der Waals surface area contributed by atoms with Gasteiger partial charge >= 0.3 is 0 Å². The molecular formula is C29H22N2O2S. The zero-order valence-electron chi connectivity index (χ0n) is 18.4. The molecule has 1 fully saturated rings. The second-order valence-corrected chi connectivity index (χ2v) is 8.64. The van der Waals surface area contributed by atoms with Crippen LogP contribution in [0.3, 0.4) is 0 Å². The van der Waals surface area contributed by atoms with Gasteiger partial charge in [0.15, 0.2) is 5.17 Å². The maximum Gasteiger partial charge on any atom is 0.271 e. The number of hydrogen-bond acceptors (Lipinski definition) is 4. The Bertz CT molecular complexity index is 1340. The highest BCUT2D eigenvalue weighted by atomic mass is 32.2. The minimum Gasteiger partial charge on any atom is -0.488 e. The summed E-state index contributed by atoms with van der Waals surface area (Å²) in [5.41, 5.74) is 3.52. The lowest BCUT2D eigenvalue weighted by Gasteiger charge is -2.15. The van der Waals surface area contributed by atoms with Crippen LogP contribution in [0.4, 0.5) is 11.4 Å². The average Bonchev–Trinajstić information content (AvgIpc) is 3.19. The van der Waals surface area contributed by atoms with E-state index in [9.17, 15) is 4.79 Å². The van der Waals surface area contributed by atoms with Crippen molar-refractivity contribution < 1.29 is 9.53 Å². The third-order valence-corrected chi connectivity index (χ3v) is 6.21. The number of amidine groups is 1. The van der Waals surface area contributed by atoms with E-state index in [1.807, 2.05) is 121 Å². The number of carbonyl (C=O) groups excluding carboxylic acids is 1. The van der Waals surface area contributed by atoms with Gasteiger partial charge in [0.2, 0.25) is 0 Å².